The standard InChI is InChI=1S/C20H17ClN2O4S2/c1-11-4-6-14(15(21)8-11)18(24)22-23-19(25)17(29-20(23)28)10-12-9-13(26-2)5-7-16(12)27-3/h4-10H,1-3H3,(H,22,24)/b17-10+. The molecule has 0 radical (unpaired) electrons. The van der Waals surface area contributed by atoms with Crippen LogP contribution in [0.25, 0.3) is 6.08 Å². The average molecular weight is 449 g/mol. The predicted molar refractivity (Wildman–Crippen MR) is 118 cm³/mol. The maximum Gasteiger partial charge on any atom is 0.285 e. The third kappa shape index (κ3) is 4.55. The number of carbonyl (C=O) groups excluding carboxylic acids is 2. The Hall–Kier alpha value is -2.55. The molecule has 9 heteroatoms. The summed E-state index contributed by atoms with van der Waals surface area (Å²) >= 11 is 12.5. The van der Waals surface area contributed by atoms with Gasteiger partial charge in [-0.3, -0.25) is 15.0 Å². The molecule has 1 N–H and O–H groups in total. The van der Waals surface area contributed by atoms with Crippen molar-refractivity contribution in [2.24, 2.45) is 0 Å². The van der Waals surface area contributed by atoms with Gasteiger partial charge in [-0.05, 0) is 61.1 Å². The summed E-state index contributed by atoms with van der Waals surface area (Å²) in [5, 5.41) is 1.33. The van der Waals surface area contributed by atoms with Crippen LogP contribution in [0.5, 0.6) is 11.5 Å². The first-order valence-corrected chi connectivity index (χ1v) is 10.0. The summed E-state index contributed by atoms with van der Waals surface area (Å²) in [6.45, 7) is 1.87. The van der Waals surface area contributed by atoms with E-state index in [1.807, 2.05) is 6.92 Å². The number of halogens is 1. The van der Waals surface area contributed by atoms with Gasteiger partial charge in [-0.25, -0.2) is 0 Å². The molecule has 2 amide bonds. The van der Waals surface area contributed by atoms with Crippen LogP contribution in [0.2, 0.25) is 5.02 Å². The highest BCUT2D eigenvalue weighted by molar-refractivity contribution is 8.26. The first kappa shape index (κ1) is 21.2. The van der Waals surface area contributed by atoms with Crippen LogP contribution < -0.4 is 14.9 Å². The van der Waals surface area contributed by atoms with Gasteiger partial charge in [-0.1, -0.05) is 29.4 Å². The SMILES string of the molecule is COc1ccc(OC)c(/C=C2/SC(=S)N(NC(=O)c3ccc(C)cc3Cl)C2=O)c1. The second kappa shape index (κ2) is 8.86. The lowest BCUT2D eigenvalue weighted by Crippen LogP contribution is -2.44. The molecule has 29 heavy (non-hydrogen) atoms. The Morgan fingerprint density at radius 1 is 1.21 bits per heavy atom. The molecule has 0 atom stereocenters. The number of nitrogens with zero attached hydrogens (tertiary/aromatic N) is 1. The minimum atomic E-state index is -0.522. The number of carbonyl (C=O) groups is 2. The number of hydrogen-bond acceptors (Lipinski definition) is 6. The van der Waals surface area contributed by atoms with Gasteiger partial charge in [0, 0.05) is 5.56 Å². The largest absolute Gasteiger partial charge is 0.497 e. The van der Waals surface area contributed by atoms with Crippen LogP contribution in [0, 0.1) is 6.92 Å². The molecule has 6 nitrogen and oxygen atoms in total. The number of nitrogens with one attached hydrogen (secondary N) is 1. The molecular weight excluding hydrogens is 432 g/mol. The average Bonchev–Trinajstić information content (AvgIpc) is 2.95. The van der Waals surface area contributed by atoms with Crippen molar-refractivity contribution < 1.29 is 19.1 Å². The molecule has 150 valence electrons. The van der Waals surface area contributed by atoms with Gasteiger partial charge < -0.3 is 9.47 Å². The maximum atomic E-state index is 12.8. The minimum Gasteiger partial charge on any atom is -0.497 e. The Labute approximate surface area is 182 Å². The highest BCUT2D eigenvalue weighted by atomic mass is 35.5. The second-order valence-corrected chi connectivity index (χ2v) is 8.13. The minimum absolute atomic E-state index is 0.208. The van der Waals surface area contributed by atoms with E-state index in [-0.39, 0.29) is 9.88 Å². The van der Waals surface area contributed by atoms with Gasteiger partial charge in [-0.2, -0.15) is 5.01 Å². The monoisotopic (exact) mass is 448 g/mol. The summed E-state index contributed by atoms with van der Waals surface area (Å²) in [6.07, 6.45) is 1.64. The van der Waals surface area contributed by atoms with E-state index in [4.69, 9.17) is 33.3 Å². The van der Waals surface area contributed by atoms with E-state index in [0.717, 1.165) is 22.3 Å². The molecular formula is C20H17ClN2O4S2. The molecule has 2 aromatic rings. The van der Waals surface area contributed by atoms with E-state index in [1.165, 1.54) is 7.11 Å². The number of thioether (sulfide) groups is 1. The zero-order valence-electron chi connectivity index (χ0n) is 15.8. The zero-order valence-corrected chi connectivity index (χ0v) is 18.2. The van der Waals surface area contributed by atoms with Gasteiger partial charge in [0.15, 0.2) is 4.32 Å². The van der Waals surface area contributed by atoms with Crippen molar-refractivity contribution in [3.63, 3.8) is 0 Å². The fourth-order valence-corrected chi connectivity index (χ4v) is 4.11. The third-order valence-electron chi connectivity index (χ3n) is 4.10. The van der Waals surface area contributed by atoms with Gasteiger partial charge >= 0.3 is 0 Å². The number of rotatable bonds is 5. The molecule has 0 aromatic heterocycles. The molecule has 2 aromatic carbocycles. The van der Waals surface area contributed by atoms with Crippen molar-refractivity contribution in [2.45, 2.75) is 6.92 Å². The highest BCUT2D eigenvalue weighted by Gasteiger charge is 2.34. The van der Waals surface area contributed by atoms with E-state index in [0.29, 0.717) is 27.0 Å². The number of amides is 2. The van der Waals surface area contributed by atoms with Crippen LogP contribution in [0.15, 0.2) is 41.3 Å². The molecule has 0 spiro atoms. The zero-order chi connectivity index (χ0) is 21.1. The molecule has 1 fully saturated rings. The van der Waals surface area contributed by atoms with Crippen molar-refractivity contribution in [3.05, 3.63) is 63.0 Å². The lowest BCUT2D eigenvalue weighted by molar-refractivity contribution is -0.123. The number of benzene rings is 2. The van der Waals surface area contributed by atoms with Crippen molar-refractivity contribution in [1.82, 2.24) is 10.4 Å². The molecule has 0 aliphatic carbocycles. The van der Waals surface area contributed by atoms with Gasteiger partial charge in [0.05, 0.1) is 29.7 Å². The molecule has 1 aliphatic rings. The van der Waals surface area contributed by atoms with Crippen LogP contribution >= 0.6 is 35.6 Å². The van der Waals surface area contributed by atoms with Crippen LogP contribution in [-0.4, -0.2) is 35.4 Å². The molecule has 1 heterocycles. The van der Waals surface area contributed by atoms with Crippen LogP contribution in [0.4, 0.5) is 0 Å². The number of hydrogen-bond donors (Lipinski definition) is 1. The predicted octanol–water partition coefficient (Wildman–Crippen LogP) is 4.21. The van der Waals surface area contributed by atoms with Crippen molar-refractivity contribution >= 4 is 57.8 Å². The summed E-state index contributed by atoms with van der Waals surface area (Å²) in [6, 6.07) is 10.3. The van der Waals surface area contributed by atoms with Crippen LogP contribution in [-0.2, 0) is 4.79 Å². The summed E-state index contributed by atoms with van der Waals surface area (Å²) in [7, 11) is 3.09. The van der Waals surface area contributed by atoms with Crippen LogP contribution in [0.3, 0.4) is 0 Å². The number of methoxy groups -OCH3 is 2. The van der Waals surface area contributed by atoms with E-state index < -0.39 is 11.8 Å². The maximum absolute atomic E-state index is 12.8. The van der Waals surface area contributed by atoms with Gasteiger partial charge in [0.25, 0.3) is 11.8 Å². The Bertz CT molecular complexity index is 1040. The van der Waals surface area contributed by atoms with Crippen LogP contribution in [0.1, 0.15) is 21.5 Å². The number of hydrazine groups is 1. The molecule has 1 aliphatic heterocycles. The quantitative estimate of drug-likeness (QED) is 0.546. The summed E-state index contributed by atoms with van der Waals surface area (Å²) in [5.41, 5.74) is 4.35. The van der Waals surface area contributed by atoms with Crippen molar-refractivity contribution in [3.8, 4) is 11.5 Å². The Morgan fingerprint density at radius 2 is 1.97 bits per heavy atom. The molecule has 0 saturated carbocycles. The van der Waals surface area contributed by atoms with E-state index >= 15 is 0 Å². The third-order valence-corrected chi connectivity index (χ3v) is 5.71. The fraction of sp³-hybridized carbons (Fsp3) is 0.150. The first-order chi connectivity index (χ1) is 13.8. The molecule has 3 rings (SSSR count). The Kier molecular flexibility index (Phi) is 6.46. The van der Waals surface area contributed by atoms with E-state index in [9.17, 15) is 9.59 Å². The fourth-order valence-electron chi connectivity index (χ4n) is 2.62. The Balaban J connectivity index is 1.85. The number of aryl methyl sites for hydroxylation is 1. The molecule has 1 saturated heterocycles. The Morgan fingerprint density at radius 3 is 2.62 bits per heavy atom. The summed E-state index contributed by atoms with van der Waals surface area (Å²) in [5.74, 6) is 0.231. The van der Waals surface area contributed by atoms with Crippen molar-refractivity contribution in [1.29, 1.82) is 0 Å². The van der Waals surface area contributed by atoms with Gasteiger partial charge in [0.2, 0.25) is 0 Å². The second-order valence-electron chi connectivity index (χ2n) is 6.05. The van der Waals surface area contributed by atoms with E-state index in [1.54, 1.807) is 49.6 Å². The normalized spacial score (nSPS) is 15.0. The lowest BCUT2D eigenvalue weighted by Gasteiger charge is -2.16. The smallest absolute Gasteiger partial charge is 0.285 e. The number of ether oxygens (including phenoxy) is 2. The highest BCUT2D eigenvalue weighted by Crippen LogP contribution is 2.34. The van der Waals surface area contributed by atoms with Crippen molar-refractivity contribution in [2.75, 3.05) is 14.2 Å². The molecule has 0 bridgehead atoms. The first-order valence-electron chi connectivity index (χ1n) is 8.41. The summed E-state index contributed by atoms with van der Waals surface area (Å²) in [4.78, 5) is 25.7. The lowest BCUT2D eigenvalue weighted by atomic mass is 10.1. The topological polar surface area (TPSA) is 67.9 Å². The van der Waals surface area contributed by atoms with E-state index in [2.05, 4.69) is 5.43 Å². The molecule has 0 unspecified atom stereocenters. The van der Waals surface area contributed by atoms with Gasteiger partial charge in [0.1, 0.15) is 11.5 Å². The summed E-state index contributed by atoms with van der Waals surface area (Å²) < 4.78 is 10.8. The van der Waals surface area contributed by atoms with Gasteiger partial charge in [-0.15, -0.1) is 0 Å². The number of thiocarbonyl (C=S) groups is 1.